The van der Waals surface area contributed by atoms with Crippen LogP contribution in [0.5, 0.6) is 0 Å². The zero-order chi connectivity index (χ0) is 19.1. The summed E-state index contributed by atoms with van der Waals surface area (Å²) in [5.41, 5.74) is 4.26. The second kappa shape index (κ2) is 11.0. The number of rotatable bonds is 7. The number of halogens is 2. The van der Waals surface area contributed by atoms with Crippen LogP contribution >= 0.6 is 24.0 Å². The molecule has 0 aliphatic heterocycles. The molecule has 0 unspecified atom stereocenters. The molecule has 5 nitrogen and oxygen atoms in total. The summed E-state index contributed by atoms with van der Waals surface area (Å²) in [6.07, 6.45) is 5.49. The lowest BCUT2D eigenvalue weighted by Gasteiger charge is -2.11. The quantitative estimate of drug-likeness (QED) is 0.264. The van der Waals surface area contributed by atoms with Crippen molar-refractivity contribution in [3.63, 3.8) is 0 Å². The first-order valence-corrected chi connectivity index (χ1v) is 9.35. The standard InChI is InChI=1S/C21H26FN5.HI/c1-3-23-21(24-10-8-16-5-4-15(2)26-13-16)25-11-9-17-14-27-20-7-6-18(22)12-19(17)20;/h4-7,12-14,27H,3,8-11H2,1-2H3,(H2,23,24,25);1H. The Labute approximate surface area is 182 Å². The average Bonchev–Trinajstić information content (AvgIpc) is 3.05. The maximum absolute atomic E-state index is 13.5. The van der Waals surface area contributed by atoms with Crippen LogP contribution in [-0.4, -0.2) is 35.6 Å². The van der Waals surface area contributed by atoms with Crippen molar-refractivity contribution >= 4 is 40.8 Å². The van der Waals surface area contributed by atoms with Crippen LogP contribution in [0.2, 0.25) is 0 Å². The molecule has 0 atom stereocenters. The van der Waals surface area contributed by atoms with Crippen molar-refractivity contribution in [2.45, 2.75) is 26.7 Å². The van der Waals surface area contributed by atoms with E-state index in [0.29, 0.717) is 6.54 Å². The summed E-state index contributed by atoms with van der Waals surface area (Å²) in [5, 5.41) is 7.54. The van der Waals surface area contributed by atoms with E-state index in [9.17, 15) is 4.39 Å². The SMILES string of the molecule is CCNC(=NCCc1c[nH]c2ccc(F)cc12)NCCc1ccc(C)nc1.I. The van der Waals surface area contributed by atoms with Crippen LogP contribution in [-0.2, 0) is 12.8 Å². The van der Waals surface area contributed by atoms with Crippen molar-refractivity contribution in [1.29, 1.82) is 0 Å². The van der Waals surface area contributed by atoms with Crippen molar-refractivity contribution in [1.82, 2.24) is 20.6 Å². The van der Waals surface area contributed by atoms with E-state index in [1.807, 2.05) is 32.3 Å². The molecule has 0 bridgehead atoms. The zero-order valence-electron chi connectivity index (χ0n) is 16.3. The number of benzene rings is 1. The number of nitrogens with zero attached hydrogens (tertiary/aromatic N) is 2. The van der Waals surface area contributed by atoms with Crippen LogP contribution in [0, 0.1) is 12.7 Å². The van der Waals surface area contributed by atoms with E-state index in [-0.39, 0.29) is 29.8 Å². The summed E-state index contributed by atoms with van der Waals surface area (Å²) in [6, 6.07) is 8.94. The molecule has 3 rings (SSSR count). The molecule has 28 heavy (non-hydrogen) atoms. The number of hydrogen-bond acceptors (Lipinski definition) is 2. The molecule has 0 saturated carbocycles. The van der Waals surface area contributed by atoms with Gasteiger partial charge in [-0.3, -0.25) is 9.98 Å². The van der Waals surface area contributed by atoms with E-state index in [1.54, 1.807) is 12.1 Å². The monoisotopic (exact) mass is 495 g/mol. The largest absolute Gasteiger partial charge is 0.361 e. The molecule has 2 aromatic heterocycles. The lowest BCUT2D eigenvalue weighted by atomic mass is 10.1. The lowest BCUT2D eigenvalue weighted by molar-refractivity contribution is 0.629. The van der Waals surface area contributed by atoms with Gasteiger partial charge in [-0.2, -0.15) is 0 Å². The zero-order valence-corrected chi connectivity index (χ0v) is 18.6. The number of pyridine rings is 1. The highest BCUT2D eigenvalue weighted by atomic mass is 127. The molecule has 2 heterocycles. The molecular formula is C21H27FIN5. The van der Waals surface area contributed by atoms with E-state index >= 15 is 0 Å². The summed E-state index contributed by atoms with van der Waals surface area (Å²) in [7, 11) is 0. The first kappa shape index (κ1) is 22.1. The number of H-pyrrole nitrogens is 1. The number of aromatic nitrogens is 2. The predicted octanol–water partition coefficient (Wildman–Crippen LogP) is 3.97. The lowest BCUT2D eigenvalue weighted by Crippen LogP contribution is -2.38. The Balaban J connectivity index is 0.00000280. The Morgan fingerprint density at radius 1 is 1.18 bits per heavy atom. The van der Waals surface area contributed by atoms with Crippen LogP contribution in [0.25, 0.3) is 10.9 Å². The van der Waals surface area contributed by atoms with E-state index in [1.165, 1.54) is 11.6 Å². The van der Waals surface area contributed by atoms with E-state index in [2.05, 4.69) is 31.7 Å². The molecule has 0 fully saturated rings. The minimum atomic E-state index is -0.215. The van der Waals surface area contributed by atoms with Crippen molar-refractivity contribution in [2.24, 2.45) is 4.99 Å². The number of nitrogens with one attached hydrogen (secondary N) is 3. The molecular weight excluding hydrogens is 468 g/mol. The van der Waals surface area contributed by atoms with E-state index in [0.717, 1.165) is 54.1 Å². The van der Waals surface area contributed by atoms with Gasteiger partial charge in [0.2, 0.25) is 0 Å². The van der Waals surface area contributed by atoms with E-state index < -0.39 is 0 Å². The molecule has 0 saturated heterocycles. The fourth-order valence-corrected chi connectivity index (χ4v) is 2.96. The van der Waals surface area contributed by atoms with Gasteiger partial charge in [-0.05, 0) is 62.1 Å². The number of aliphatic imine (C=N–C) groups is 1. The maximum atomic E-state index is 13.5. The average molecular weight is 495 g/mol. The van der Waals surface area contributed by atoms with Gasteiger partial charge in [-0.25, -0.2) is 4.39 Å². The number of fused-ring (bicyclic) bond motifs is 1. The third kappa shape index (κ3) is 6.19. The third-order valence-corrected chi connectivity index (χ3v) is 4.40. The molecule has 3 aromatic rings. The highest BCUT2D eigenvalue weighted by Crippen LogP contribution is 2.19. The van der Waals surface area contributed by atoms with Crippen LogP contribution < -0.4 is 10.6 Å². The van der Waals surface area contributed by atoms with Crippen molar-refractivity contribution in [2.75, 3.05) is 19.6 Å². The third-order valence-electron chi connectivity index (χ3n) is 4.40. The van der Waals surface area contributed by atoms with E-state index in [4.69, 9.17) is 0 Å². The fraction of sp³-hybridized carbons (Fsp3) is 0.333. The maximum Gasteiger partial charge on any atom is 0.191 e. The minimum absolute atomic E-state index is 0. The molecule has 0 aliphatic rings. The fourth-order valence-electron chi connectivity index (χ4n) is 2.96. The van der Waals surface area contributed by atoms with Gasteiger partial charge in [-0.1, -0.05) is 6.07 Å². The molecule has 7 heteroatoms. The highest BCUT2D eigenvalue weighted by molar-refractivity contribution is 14.0. The number of aryl methyl sites for hydroxylation is 1. The molecule has 0 amide bonds. The van der Waals surface area contributed by atoms with Gasteiger partial charge in [0.25, 0.3) is 0 Å². The summed E-state index contributed by atoms with van der Waals surface area (Å²) in [6.45, 7) is 6.25. The molecule has 0 aliphatic carbocycles. The van der Waals surface area contributed by atoms with Crippen molar-refractivity contribution in [3.05, 3.63) is 65.4 Å². The van der Waals surface area contributed by atoms with Crippen LogP contribution in [0.15, 0.2) is 47.7 Å². The molecule has 3 N–H and O–H groups in total. The normalized spacial score (nSPS) is 11.3. The number of hydrogen-bond donors (Lipinski definition) is 3. The summed E-state index contributed by atoms with van der Waals surface area (Å²) < 4.78 is 13.5. The van der Waals surface area contributed by atoms with Gasteiger partial charge in [0.05, 0.1) is 0 Å². The summed E-state index contributed by atoms with van der Waals surface area (Å²) in [5.74, 6) is 0.580. The smallest absolute Gasteiger partial charge is 0.191 e. The van der Waals surface area contributed by atoms with Gasteiger partial charge in [-0.15, -0.1) is 24.0 Å². The first-order valence-electron chi connectivity index (χ1n) is 9.35. The second-order valence-electron chi connectivity index (χ2n) is 6.50. The van der Waals surface area contributed by atoms with Crippen LogP contribution in [0.3, 0.4) is 0 Å². The van der Waals surface area contributed by atoms with Gasteiger partial charge in [0.15, 0.2) is 5.96 Å². The topological polar surface area (TPSA) is 65.1 Å². The van der Waals surface area contributed by atoms with Crippen molar-refractivity contribution < 1.29 is 4.39 Å². The predicted molar refractivity (Wildman–Crippen MR) is 124 cm³/mol. The Morgan fingerprint density at radius 2 is 2.04 bits per heavy atom. The summed E-state index contributed by atoms with van der Waals surface area (Å²) >= 11 is 0. The van der Waals surface area contributed by atoms with Gasteiger partial charge in [0.1, 0.15) is 5.82 Å². The van der Waals surface area contributed by atoms with Gasteiger partial charge < -0.3 is 15.6 Å². The molecule has 0 radical (unpaired) electrons. The Hall–Kier alpha value is -2.16. The molecule has 1 aromatic carbocycles. The van der Waals surface area contributed by atoms with Crippen molar-refractivity contribution in [3.8, 4) is 0 Å². The van der Waals surface area contributed by atoms with Crippen LogP contribution in [0.4, 0.5) is 4.39 Å². The molecule has 0 spiro atoms. The Bertz CT molecular complexity index is 905. The minimum Gasteiger partial charge on any atom is -0.361 e. The number of guanidine groups is 1. The Morgan fingerprint density at radius 3 is 2.79 bits per heavy atom. The molecule has 150 valence electrons. The van der Waals surface area contributed by atoms with Crippen LogP contribution in [0.1, 0.15) is 23.7 Å². The second-order valence-corrected chi connectivity index (χ2v) is 6.50. The Kier molecular flexibility index (Phi) is 8.69. The summed E-state index contributed by atoms with van der Waals surface area (Å²) in [4.78, 5) is 12.1. The highest BCUT2D eigenvalue weighted by Gasteiger charge is 2.05. The van der Waals surface area contributed by atoms with Gasteiger partial charge >= 0.3 is 0 Å². The first-order chi connectivity index (χ1) is 13.2. The number of aromatic amines is 1. The van der Waals surface area contributed by atoms with Gasteiger partial charge in [0, 0.05) is 48.6 Å².